The molecule has 76 valence electrons. The molecule has 2 aliphatic carbocycles. The normalized spacial score (nSPS) is 39.0. The van der Waals surface area contributed by atoms with Crippen molar-refractivity contribution in [3.8, 4) is 0 Å². The van der Waals surface area contributed by atoms with Gasteiger partial charge in [-0.3, -0.25) is 0 Å². The summed E-state index contributed by atoms with van der Waals surface area (Å²) in [6.07, 6.45) is 7.03. The van der Waals surface area contributed by atoms with Crippen LogP contribution < -0.4 is 5.32 Å². The molecule has 1 nitrogen and oxygen atoms in total. The molecule has 0 bridgehead atoms. The first-order valence-electron chi connectivity index (χ1n) is 5.83. The van der Waals surface area contributed by atoms with Crippen molar-refractivity contribution in [1.82, 2.24) is 5.32 Å². The molecule has 2 saturated carbocycles. The maximum atomic E-state index is 3.78. The molecule has 13 heavy (non-hydrogen) atoms. The summed E-state index contributed by atoms with van der Waals surface area (Å²) >= 11 is 0. The summed E-state index contributed by atoms with van der Waals surface area (Å²) in [5.41, 5.74) is 0.618. The summed E-state index contributed by atoms with van der Waals surface area (Å²) in [6.45, 7) is 7.16. The van der Waals surface area contributed by atoms with Crippen LogP contribution in [-0.4, -0.2) is 12.1 Å². The van der Waals surface area contributed by atoms with Gasteiger partial charge in [-0.05, 0) is 43.4 Å². The van der Waals surface area contributed by atoms with Crippen LogP contribution in [0.5, 0.6) is 0 Å². The molecule has 2 rings (SSSR count). The lowest BCUT2D eigenvalue weighted by Crippen LogP contribution is -2.37. The van der Waals surface area contributed by atoms with Crippen molar-refractivity contribution in [2.75, 3.05) is 0 Å². The van der Waals surface area contributed by atoms with Gasteiger partial charge in [0.05, 0.1) is 0 Å². The van der Waals surface area contributed by atoms with Crippen LogP contribution >= 0.6 is 0 Å². The Bertz CT molecular complexity index is 176. The molecule has 0 aromatic heterocycles. The predicted octanol–water partition coefficient (Wildman–Crippen LogP) is 2.95. The lowest BCUT2D eigenvalue weighted by Gasteiger charge is -2.34. The van der Waals surface area contributed by atoms with E-state index in [0.29, 0.717) is 5.41 Å². The molecule has 0 saturated heterocycles. The van der Waals surface area contributed by atoms with Crippen molar-refractivity contribution in [3.63, 3.8) is 0 Å². The first kappa shape index (κ1) is 9.51. The fourth-order valence-corrected chi connectivity index (χ4v) is 2.42. The highest BCUT2D eigenvalue weighted by atomic mass is 15.0. The molecule has 0 aliphatic heterocycles. The van der Waals surface area contributed by atoms with E-state index in [2.05, 4.69) is 26.1 Å². The van der Waals surface area contributed by atoms with Crippen LogP contribution in [0.2, 0.25) is 0 Å². The van der Waals surface area contributed by atoms with Crippen LogP contribution in [0.4, 0.5) is 0 Å². The van der Waals surface area contributed by atoms with E-state index >= 15 is 0 Å². The second-order valence-electron chi connectivity index (χ2n) is 5.92. The molecule has 2 fully saturated rings. The summed E-state index contributed by atoms with van der Waals surface area (Å²) in [5, 5.41) is 3.78. The molecular weight excluding hydrogens is 158 g/mol. The van der Waals surface area contributed by atoms with Crippen molar-refractivity contribution in [3.05, 3.63) is 0 Å². The SMILES string of the molecule is CC1CC1NC1CCC(C)(C)CC1. The molecule has 0 aromatic carbocycles. The van der Waals surface area contributed by atoms with Crippen LogP contribution in [-0.2, 0) is 0 Å². The van der Waals surface area contributed by atoms with E-state index in [9.17, 15) is 0 Å². The molecule has 1 heteroatoms. The maximum absolute atomic E-state index is 3.78. The fraction of sp³-hybridized carbons (Fsp3) is 1.00. The average molecular weight is 181 g/mol. The highest BCUT2D eigenvalue weighted by Crippen LogP contribution is 2.37. The van der Waals surface area contributed by atoms with Crippen molar-refractivity contribution in [1.29, 1.82) is 0 Å². The molecule has 2 atom stereocenters. The van der Waals surface area contributed by atoms with E-state index < -0.39 is 0 Å². The van der Waals surface area contributed by atoms with Gasteiger partial charge in [-0.15, -0.1) is 0 Å². The van der Waals surface area contributed by atoms with Gasteiger partial charge in [-0.2, -0.15) is 0 Å². The van der Waals surface area contributed by atoms with E-state index in [-0.39, 0.29) is 0 Å². The minimum Gasteiger partial charge on any atom is -0.311 e. The van der Waals surface area contributed by atoms with Crippen molar-refractivity contribution < 1.29 is 0 Å². The van der Waals surface area contributed by atoms with Gasteiger partial charge in [0.1, 0.15) is 0 Å². The van der Waals surface area contributed by atoms with Crippen LogP contribution in [0.25, 0.3) is 0 Å². The standard InChI is InChI=1S/C12H23N/c1-9-8-11(9)13-10-4-6-12(2,3)7-5-10/h9-11,13H,4-8H2,1-3H3. The summed E-state index contributed by atoms with van der Waals surface area (Å²) < 4.78 is 0. The van der Waals surface area contributed by atoms with Gasteiger partial charge in [0.25, 0.3) is 0 Å². The molecule has 2 aliphatic rings. The lowest BCUT2D eigenvalue weighted by molar-refractivity contribution is 0.205. The fourth-order valence-electron chi connectivity index (χ4n) is 2.42. The Labute approximate surface area is 82.3 Å². The van der Waals surface area contributed by atoms with Gasteiger partial charge in [0, 0.05) is 12.1 Å². The zero-order chi connectivity index (χ0) is 9.47. The second-order valence-corrected chi connectivity index (χ2v) is 5.92. The summed E-state index contributed by atoms with van der Waals surface area (Å²) in [4.78, 5) is 0. The van der Waals surface area contributed by atoms with Crippen LogP contribution in [0, 0.1) is 11.3 Å². The molecule has 0 spiro atoms. The van der Waals surface area contributed by atoms with Crippen molar-refractivity contribution in [2.24, 2.45) is 11.3 Å². The minimum absolute atomic E-state index is 0.618. The summed E-state index contributed by atoms with van der Waals surface area (Å²) in [6, 6.07) is 1.70. The van der Waals surface area contributed by atoms with Gasteiger partial charge < -0.3 is 5.32 Å². The number of hydrogen-bond donors (Lipinski definition) is 1. The van der Waals surface area contributed by atoms with Gasteiger partial charge in [-0.1, -0.05) is 20.8 Å². The second kappa shape index (κ2) is 3.27. The van der Waals surface area contributed by atoms with Crippen molar-refractivity contribution >= 4 is 0 Å². The maximum Gasteiger partial charge on any atom is 0.00989 e. The Hall–Kier alpha value is -0.0400. The van der Waals surface area contributed by atoms with E-state index in [1.807, 2.05) is 0 Å². The Balaban J connectivity index is 1.72. The smallest absolute Gasteiger partial charge is 0.00989 e. The molecule has 0 radical (unpaired) electrons. The Kier molecular flexibility index (Phi) is 2.39. The molecule has 0 aromatic rings. The lowest BCUT2D eigenvalue weighted by atomic mass is 9.75. The zero-order valence-electron chi connectivity index (χ0n) is 9.27. The Morgan fingerprint density at radius 2 is 1.69 bits per heavy atom. The van der Waals surface area contributed by atoms with E-state index in [1.165, 1.54) is 32.1 Å². The molecule has 2 unspecified atom stereocenters. The Morgan fingerprint density at radius 1 is 1.15 bits per heavy atom. The third-order valence-corrected chi connectivity index (χ3v) is 3.90. The number of rotatable bonds is 2. The highest BCUT2D eigenvalue weighted by molar-refractivity contribution is 4.93. The van der Waals surface area contributed by atoms with Gasteiger partial charge in [-0.25, -0.2) is 0 Å². The van der Waals surface area contributed by atoms with E-state index in [1.54, 1.807) is 0 Å². The monoisotopic (exact) mass is 181 g/mol. The van der Waals surface area contributed by atoms with E-state index in [4.69, 9.17) is 0 Å². The first-order valence-corrected chi connectivity index (χ1v) is 5.83. The van der Waals surface area contributed by atoms with E-state index in [0.717, 1.165) is 18.0 Å². The average Bonchev–Trinajstić information content (AvgIpc) is 2.72. The van der Waals surface area contributed by atoms with Crippen molar-refractivity contribution in [2.45, 2.75) is 65.0 Å². The van der Waals surface area contributed by atoms with Crippen LogP contribution in [0.15, 0.2) is 0 Å². The first-order chi connectivity index (χ1) is 6.07. The van der Waals surface area contributed by atoms with Crippen LogP contribution in [0.1, 0.15) is 52.9 Å². The quantitative estimate of drug-likeness (QED) is 0.690. The third kappa shape index (κ3) is 2.46. The third-order valence-electron chi connectivity index (χ3n) is 3.90. The van der Waals surface area contributed by atoms with Gasteiger partial charge >= 0.3 is 0 Å². The summed E-state index contributed by atoms with van der Waals surface area (Å²) in [7, 11) is 0. The molecule has 0 amide bonds. The molecular formula is C12H23N. The largest absolute Gasteiger partial charge is 0.311 e. The van der Waals surface area contributed by atoms with Gasteiger partial charge in [0.15, 0.2) is 0 Å². The Morgan fingerprint density at radius 3 is 2.15 bits per heavy atom. The number of hydrogen-bond acceptors (Lipinski definition) is 1. The zero-order valence-corrected chi connectivity index (χ0v) is 9.27. The molecule has 0 heterocycles. The number of nitrogens with one attached hydrogen (secondary N) is 1. The highest BCUT2D eigenvalue weighted by Gasteiger charge is 2.35. The molecule has 1 N–H and O–H groups in total. The van der Waals surface area contributed by atoms with Gasteiger partial charge in [0.2, 0.25) is 0 Å². The summed E-state index contributed by atoms with van der Waals surface area (Å²) in [5.74, 6) is 0.954. The van der Waals surface area contributed by atoms with Crippen LogP contribution in [0.3, 0.4) is 0 Å². The topological polar surface area (TPSA) is 12.0 Å². The minimum atomic E-state index is 0.618. The predicted molar refractivity (Wildman–Crippen MR) is 56.7 cm³/mol.